The maximum Gasteiger partial charge on any atom is 0.0615 e. The lowest BCUT2D eigenvalue weighted by atomic mass is 10.1. The second-order valence-corrected chi connectivity index (χ2v) is 3.88. The Kier molecular flexibility index (Phi) is 2.80. The molecule has 3 heteroatoms. The molecule has 2 rings (SSSR count). The number of fused-ring (bicyclic) bond motifs is 1. The monoisotopic (exact) mass is 221 g/mol. The van der Waals surface area contributed by atoms with E-state index in [1.54, 1.807) is 6.08 Å². The molecule has 78 valence electrons. The van der Waals surface area contributed by atoms with Crippen LogP contribution < -0.4 is 0 Å². The smallest absolute Gasteiger partial charge is 0.0615 e. The average Bonchev–Trinajstić information content (AvgIpc) is 2.53. The van der Waals surface area contributed by atoms with E-state index in [9.17, 15) is 0 Å². The number of halogens is 1. The Balaban J connectivity index is 2.62. The third-order valence-corrected chi connectivity index (χ3v) is 2.62. The van der Waals surface area contributed by atoms with Crippen molar-refractivity contribution < 1.29 is 5.11 Å². The number of nitrogens with zero attached hydrogens (tertiary/aromatic N) is 1. The summed E-state index contributed by atoms with van der Waals surface area (Å²) in [5.41, 5.74) is 2.19. The molecular weight excluding hydrogens is 210 g/mol. The molecule has 0 radical (unpaired) electrons. The van der Waals surface area contributed by atoms with Crippen molar-refractivity contribution in [2.75, 3.05) is 6.61 Å². The van der Waals surface area contributed by atoms with Crippen molar-refractivity contribution in [3.8, 4) is 0 Å². The minimum atomic E-state index is 0.0595. The molecule has 0 spiro atoms. The summed E-state index contributed by atoms with van der Waals surface area (Å²) in [5.74, 6) is 0. The van der Waals surface area contributed by atoms with Crippen molar-refractivity contribution in [2.24, 2.45) is 7.05 Å². The normalized spacial score (nSPS) is 11.7. The molecule has 2 aromatic rings. The van der Waals surface area contributed by atoms with Crippen molar-refractivity contribution in [3.63, 3.8) is 0 Å². The molecule has 0 amide bonds. The molecule has 0 aliphatic carbocycles. The van der Waals surface area contributed by atoms with E-state index in [2.05, 4.69) is 0 Å². The third kappa shape index (κ3) is 1.91. The Labute approximate surface area is 93.4 Å². The molecule has 0 saturated carbocycles. The predicted molar refractivity (Wildman–Crippen MR) is 64.0 cm³/mol. The summed E-state index contributed by atoms with van der Waals surface area (Å²) in [6.45, 7) is 0.0595. The van der Waals surface area contributed by atoms with Crippen molar-refractivity contribution in [1.82, 2.24) is 4.57 Å². The van der Waals surface area contributed by atoms with Crippen LogP contribution in [0, 0.1) is 0 Å². The minimum absolute atomic E-state index is 0.0595. The second kappa shape index (κ2) is 4.09. The second-order valence-electron chi connectivity index (χ2n) is 3.44. The zero-order valence-electron chi connectivity index (χ0n) is 8.44. The number of aromatic nitrogens is 1. The summed E-state index contributed by atoms with van der Waals surface area (Å²) in [6, 6.07) is 5.81. The van der Waals surface area contributed by atoms with Crippen LogP contribution in [0.15, 0.2) is 30.5 Å². The van der Waals surface area contributed by atoms with Gasteiger partial charge in [0.15, 0.2) is 0 Å². The Morgan fingerprint density at radius 1 is 1.47 bits per heavy atom. The first-order chi connectivity index (χ1) is 7.22. The fraction of sp³-hybridized carbons (Fsp3) is 0.167. The quantitative estimate of drug-likeness (QED) is 0.829. The van der Waals surface area contributed by atoms with Crippen molar-refractivity contribution in [3.05, 3.63) is 41.1 Å². The molecule has 2 nitrogen and oxygen atoms in total. The first-order valence-corrected chi connectivity index (χ1v) is 5.12. The van der Waals surface area contributed by atoms with Crippen molar-refractivity contribution in [2.45, 2.75) is 0 Å². The zero-order chi connectivity index (χ0) is 10.8. The zero-order valence-corrected chi connectivity index (χ0v) is 9.20. The van der Waals surface area contributed by atoms with Gasteiger partial charge in [0, 0.05) is 29.2 Å². The standard InChI is InChI=1S/C12H12ClNO/c1-14-8-9(3-2-6-15)11-5-4-10(13)7-12(11)14/h2-5,7-8,15H,6H2,1H3/b3-2+. The van der Waals surface area contributed by atoms with Gasteiger partial charge in [-0.3, -0.25) is 0 Å². The highest BCUT2D eigenvalue weighted by Gasteiger charge is 2.03. The van der Waals surface area contributed by atoms with Gasteiger partial charge in [0.2, 0.25) is 0 Å². The SMILES string of the molecule is Cn1cc(/C=C/CO)c2ccc(Cl)cc21. The number of hydrogen-bond donors (Lipinski definition) is 1. The summed E-state index contributed by atoms with van der Waals surface area (Å²) in [5, 5.41) is 10.6. The average molecular weight is 222 g/mol. The summed E-state index contributed by atoms with van der Waals surface area (Å²) in [7, 11) is 1.98. The Hall–Kier alpha value is -1.25. The van der Waals surface area contributed by atoms with E-state index >= 15 is 0 Å². The van der Waals surface area contributed by atoms with Gasteiger partial charge in [0.1, 0.15) is 0 Å². The van der Waals surface area contributed by atoms with Crippen LogP contribution in [-0.2, 0) is 7.05 Å². The number of benzene rings is 1. The highest BCUT2D eigenvalue weighted by atomic mass is 35.5. The van der Waals surface area contributed by atoms with Crippen LogP contribution in [-0.4, -0.2) is 16.3 Å². The Morgan fingerprint density at radius 2 is 2.27 bits per heavy atom. The number of rotatable bonds is 2. The molecule has 0 unspecified atom stereocenters. The molecule has 0 aliphatic heterocycles. The number of aryl methyl sites for hydroxylation is 1. The van der Waals surface area contributed by atoms with Crippen molar-refractivity contribution in [1.29, 1.82) is 0 Å². The van der Waals surface area contributed by atoms with Gasteiger partial charge >= 0.3 is 0 Å². The fourth-order valence-electron chi connectivity index (χ4n) is 1.70. The molecule has 1 aromatic carbocycles. The maximum absolute atomic E-state index is 8.74. The van der Waals surface area contributed by atoms with Crippen molar-refractivity contribution >= 4 is 28.6 Å². The molecular formula is C12H12ClNO. The molecule has 0 fully saturated rings. The third-order valence-electron chi connectivity index (χ3n) is 2.39. The maximum atomic E-state index is 8.74. The van der Waals surface area contributed by atoms with Crippen LogP contribution in [0.5, 0.6) is 0 Å². The van der Waals surface area contributed by atoms with Gasteiger partial charge < -0.3 is 9.67 Å². The molecule has 1 aromatic heterocycles. The fourth-order valence-corrected chi connectivity index (χ4v) is 1.87. The lowest BCUT2D eigenvalue weighted by Gasteiger charge is -1.95. The first-order valence-electron chi connectivity index (χ1n) is 4.74. The highest BCUT2D eigenvalue weighted by molar-refractivity contribution is 6.31. The van der Waals surface area contributed by atoms with Crippen LogP contribution in [0.3, 0.4) is 0 Å². The van der Waals surface area contributed by atoms with Crippen LogP contribution >= 0.6 is 11.6 Å². The van der Waals surface area contributed by atoms with E-state index in [4.69, 9.17) is 16.7 Å². The summed E-state index contributed by atoms with van der Waals surface area (Å²) in [4.78, 5) is 0. The molecule has 0 saturated heterocycles. The van der Waals surface area contributed by atoms with Gasteiger partial charge in [-0.15, -0.1) is 0 Å². The van der Waals surface area contributed by atoms with Crippen LogP contribution in [0.1, 0.15) is 5.56 Å². The Bertz CT molecular complexity index is 514. The van der Waals surface area contributed by atoms with Gasteiger partial charge in [0.25, 0.3) is 0 Å². The first kappa shape index (κ1) is 10.3. The van der Waals surface area contributed by atoms with E-state index < -0.39 is 0 Å². The van der Waals surface area contributed by atoms with E-state index in [0.717, 1.165) is 21.5 Å². The number of aliphatic hydroxyl groups excluding tert-OH is 1. The van der Waals surface area contributed by atoms with Gasteiger partial charge in [-0.1, -0.05) is 29.8 Å². The van der Waals surface area contributed by atoms with E-state index in [1.165, 1.54) is 0 Å². The van der Waals surface area contributed by atoms with E-state index in [-0.39, 0.29) is 6.61 Å². The van der Waals surface area contributed by atoms with E-state index in [0.29, 0.717) is 0 Å². The van der Waals surface area contributed by atoms with Crippen LogP contribution in [0.25, 0.3) is 17.0 Å². The Morgan fingerprint density at radius 3 is 3.00 bits per heavy atom. The molecule has 0 aliphatic rings. The lowest BCUT2D eigenvalue weighted by Crippen LogP contribution is -1.82. The summed E-state index contributed by atoms with van der Waals surface area (Å²) < 4.78 is 2.03. The predicted octanol–water partition coefficient (Wildman–Crippen LogP) is 2.84. The number of hydrogen-bond acceptors (Lipinski definition) is 1. The van der Waals surface area contributed by atoms with Gasteiger partial charge in [-0.05, 0) is 17.7 Å². The number of aliphatic hydroxyl groups is 1. The lowest BCUT2D eigenvalue weighted by molar-refractivity contribution is 0.343. The van der Waals surface area contributed by atoms with Crippen LogP contribution in [0.4, 0.5) is 0 Å². The topological polar surface area (TPSA) is 25.2 Å². The highest BCUT2D eigenvalue weighted by Crippen LogP contribution is 2.24. The van der Waals surface area contributed by atoms with Gasteiger partial charge in [0.05, 0.1) is 6.61 Å². The minimum Gasteiger partial charge on any atom is -0.392 e. The van der Waals surface area contributed by atoms with Gasteiger partial charge in [-0.25, -0.2) is 0 Å². The molecule has 15 heavy (non-hydrogen) atoms. The van der Waals surface area contributed by atoms with Crippen LogP contribution in [0.2, 0.25) is 5.02 Å². The molecule has 1 heterocycles. The van der Waals surface area contributed by atoms with Gasteiger partial charge in [-0.2, -0.15) is 0 Å². The molecule has 0 bridgehead atoms. The van der Waals surface area contributed by atoms with E-state index in [1.807, 2.05) is 42.1 Å². The molecule has 1 N–H and O–H groups in total. The molecule has 0 atom stereocenters. The summed E-state index contributed by atoms with van der Waals surface area (Å²) >= 11 is 5.93. The summed E-state index contributed by atoms with van der Waals surface area (Å²) in [6.07, 6.45) is 5.66. The largest absolute Gasteiger partial charge is 0.392 e.